The summed E-state index contributed by atoms with van der Waals surface area (Å²) in [7, 11) is 0. The van der Waals surface area contributed by atoms with Crippen LogP contribution in [0.2, 0.25) is 5.02 Å². The van der Waals surface area contributed by atoms with Crippen molar-refractivity contribution in [1.29, 1.82) is 0 Å². The zero-order chi connectivity index (χ0) is 22.9. The molecule has 0 atom stereocenters. The number of nitrogens with zero attached hydrogens (tertiary/aromatic N) is 5. The molecule has 0 radical (unpaired) electrons. The normalized spacial score (nSPS) is 11.2. The van der Waals surface area contributed by atoms with Crippen LogP contribution < -0.4 is 5.32 Å². The van der Waals surface area contributed by atoms with Gasteiger partial charge in [0, 0.05) is 34.2 Å². The molecule has 3 heterocycles. The van der Waals surface area contributed by atoms with Crippen molar-refractivity contribution in [2.75, 3.05) is 11.1 Å². The van der Waals surface area contributed by atoms with E-state index in [1.165, 1.54) is 18.7 Å². The van der Waals surface area contributed by atoms with E-state index in [9.17, 15) is 9.59 Å². The van der Waals surface area contributed by atoms with Crippen LogP contribution in [0.15, 0.2) is 72.1 Å². The smallest absolute Gasteiger partial charge is 0.234 e. The number of halogens is 1. The van der Waals surface area contributed by atoms with Crippen molar-refractivity contribution in [2.24, 2.45) is 0 Å². The van der Waals surface area contributed by atoms with Gasteiger partial charge in [-0.3, -0.25) is 14.0 Å². The van der Waals surface area contributed by atoms with Crippen molar-refractivity contribution >= 4 is 51.9 Å². The molecule has 5 rings (SSSR count). The molecule has 8 nitrogen and oxygen atoms in total. The van der Waals surface area contributed by atoms with E-state index >= 15 is 0 Å². The van der Waals surface area contributed by atoms with Crippen LogP contribution in [0.25, 0.3) is 22.4 Å². The fraction of sp³-hybridized carbons (Fsp3) is 0.0870. The lowest BCUT2D eigenvalue weighted by molar-refractivity contribution is -0.113. The Hall–Kier alpha value is -3.69. The standard InChI is InChI=1S/C23H17ClN6O2S/c1-14(31)16-3-2-4-18(11-16)25-21(32)13-33-23-27-26-22-20-12-19(15-5-7-17(24)8-6-15)28-30(20)10-9-29(22)23/h2-12H,13H2,1H3,(H,25,32). The highest BCUT2D eigenvalue weighted by atomic mass is 35.5. The van der Waals surface area contributed by atoms with Gasteiger partial charge in [-0.05, 0) is 37.3 Å². The molecular weight excluding hydrogens is 460 g/mol. The van der Waals surface area contributed by atoms with Crippen LogP contribution in [0.4, 0.5) is 5.69 Å². The number of thioether (sulfide) groups is 1. The molecule has 0 aliphatic rings. The Kier molecular flexibility index (Phi) is 5.57. The molecule has 0 spiro atoms. The zero-order valence-corrected chi connectivity index (χ0v) is 19.0. The van der Waals surface area contributed by atoms with E-state index in [1.54, 1.807) is 28.8 Å². The van der Waals surface area contributed by atoms with Gasteiger partial charge < -0.3 is 5.32 Å². The number of hydrogen-bond acceptors (Lipinski definition) is 6. The van der Waals surface area contributed by atoms with E-state index in [2.05, 4.69) is 20.6 Å². The summed E-state index contributed by atoms with van der Waals surface area (Å²) in [5.74, 6) is -0.111. The van der Waals surface area contributed by atoms with Gasteiger partial charge in [-0.15, -0.1) is 10.2 Å². The third-order valence-electron chi connectivity index (χ3n) is 5.01. The number of carbonyl (C=O) groups excluding carboxylic acids is 2. The predicted octanol–water partition coefficient (Wildman–Crippen LogP) is 4.63. The second-order valence-electron chi connectivity index (χ2n) is 7.31. The molecule has 1 N–H and O–H groups in total. The van der Waals surface area contributed by atoms with Crippen LogP contribution >= 0.6 is 23.4 Å². The molecule has 2 aromatic carbocycles. The molecule has 33 heavy (non-hydrogen) atoms. The quantitative estimate of drug-likeness (QED) is 0.283. The summed E-state index contributed by atoms with van der Waals surface area (Å²) in [6.45, 7) is 1.49. The van der Waals surface area contributed by atoms with Crippen molar-refractivity contribution in [2.45, 2.75) is 12.1 Å². The summed E-state index contributed by atoms with van der Waals surface area (Å²) in [4.78, 5) is 24.0. The molecule has 0 aliphatic heterocycles. The molecule has 0 fully saturated rings. The van der Waals surface area contributed by atoms with Crippen LogP contribution in [-0.2, 0) is 4.79 Å². The second kappa shape index (κ2) is 8.68. The Balaban J connectivity index is 1.34. The van der Waals surface area contributed by atoms with Crippen LogP contribution in [0.3, 0.4) is 0 Å². The fourth-order valence-electron chi connectivity index (χ4n) is 3.39. The lowest BCUT2D eigenvalue weighted by atomic mass is 10.1. The highest BCUT2D eigenvalue weighted by Gasteiger charge is 2.14. The molecule has 10 heteroatoms. The van der Waals surface area contributed by atoms with Crippen LogP contribution in [0.5, 0.6) is 0 Å². The first-order chi connectivity index (χ1) is 16.0. The van der Waals surface area contributed by atoms with Gasteiger partial charge in [0.1, 0.15) is 5.52 Å². The van der Waals surface area contributed by atoms with Gasteiger partial charge in [0.15, 0.2) is 16.6 Å². The molecule has 0 bridgehead atoms. The Bertz CT molecular complexity index is 1510. The minimum atomic E-state index is -0.201. The van der Waals surface area contributed by atoms with Gasteiger partial charge in [-0.25, -0.2) is 4.52 Å². The average Bonchev–Trinajstić information content (AvgIpc) is 3.42. The number of ketones is 1. The van der Waals surface area contributed by atoms with Gasteiger partial charge >= 0.3 is 0 Å². The molecule has 0 unspecified atom stereocenters. The van der Waals surface area contributed by atoms with Gasteiger partial charge in [0.05, 0.1) is 11.4 Å². The second-order valence-corrected chi connectivity index (χ2v) is 8.69. The molecule has 0 aliphatic carbocycles. The summed E-state index contributed by atoms with van der Waals surface area (Å²) in [6, 6.07) is 16.3. The number of hydrogen-bond donors (Lipinski definition) is 1. The van der Waals surface area contributed by atoms with Crippen LogP contribution in [0, 0.1) is 0 Å². The summed E-state index contributed by atoms with van der Waals surface area (Å²) in [5, 5.41) is 17.2. The topological polar surface area (TPSA) is 93.7 Å². The molecule has 0 saturated carbocycles. The number of Topliss-reactive ketones (excluding diaryl/α,β-unsaturated/α-hetero) is 1. The molecule has 1 amide bonds. The van der Waals surface area contributed by atoms with E-state index in [0.29, 0.717) is 27.1 Å². The first kappa shape index (κ1) is 21.2. The molecular formula is C23H17ClN6O2S. The van der Waals surface area contributed by atoms with Crippen molar-refractivity contribution < 1.29 is 9.59 Å². The SMILES string of the molecule is CC(=O)c1cccc(NC(=O)CSc2nnc3c4cc(-c5ccc(Cl)cc5)nn4ccn23)c1. The fourth-order valence-corrected chi connectivity index (χ4v) is 4.24. The number of amides is 1. The number of rotatable bonds is 6. The largest absolute Gasteiger partial charge is 0.325 e. The lowest BCUT2D eigenvalue weighted by Gasteiger charge is -2.06. The number of benzene rings is 2. The van der Waals surface area contributed by atoms with E-state index < -0.39 is 0 Å². The average molecular weight is 477 g/mol. The van der Waals surface area contributed by atoms with Gasteiger partial charge in [0.2, 0.25) is 5.91 Å². The summed E-state index contributed by atoms with van der Waals surface area (Å²) >= 11 is 7.26. The Morgan fingerprint density at radius 1 is 1.06 bits per heavy atom. The molecule has 3 aromatic heterocycles. The highest BCUT2D eigenvalue weighted by Crippen LogP contribution is 2.25. The van der Waals surface area contributed by atoms with Gasteiger partial charge in [-0.2, -0.15) is 5.10 Å². The van der Waals surface area contributed by atoms with Gasteiger partial charge in [-0.1, -0.05) is 47.6 Å². The van der Waals surface area contributed by atoms with Crippen LogP contribution in [-0.4, -0.2) is 41.7 Å². The summed E-state index contributed by atoms with van der Waals surface area (Å²) in [6.07, 6.45) is 3.64. The van der Waals surface area contributed by atoms with E-state index in [0.717, 1.165) is 16.8 Å². The number of aromatic nitrogens is 5. The van der Waals surface area contributed by atoms with Crippen molar-refractivity contribution in [3.63, 3.8) is 0 Å². The van der Waals surface area contributed by atoms with Gasteiger partial charge in [0.25, 0.3) is 0 Å². The van der Waals surface area contributed by atoms with E-state index in [1.807, 2.05) is 47.1 Å². The molecule has 164 valence electrons. The minimum absolute atomic E-state index is 0.0548. The summed E-state index contributed by atoms with van der Waals surface area (Å²) in [5.41, 5.74) is 4.31. The first-order valence-electron chi connectivity index (χ1n) is 10.0. The number of carbonyl (C=O) groups is 2. The Morgan fingerprint density at radius 2 is 1.88 bits per heavy atom. The Morgan fingerprint density at radius 3 is 2.67 bits per heavy atom. The predicted molar refractivity (Wildman–Crippen MR) is 128 cm³/mol. The molecule has 0 saturated heterocycles. The maximum Gasteiger partial charge on any atom is 0.234 e. The lowest BCUT2D eigenvalue weighted by Crippen LogP contribution is -2.14. The van der Waals surface area contributed by atoms with E-state index in [4.69, 9.17) is 11.6 Å². The van der Waals surface area contributed by atoms with Crippen molar-refractivity contribution in [3.05, 3.63) is 77.6 Å². The molecule has 5 aromatic rings. The maximum atomic E-state index is 12.4. The number of nitrogens with one attached hydrogen (secondary N) is 1. The maximum absolute atomic E-state index is 12.4. The summed E-state index contributed by atoms with van der Waals surface area (Å²) < 4.78 is 3.58. The van der Waals surface area contributed by atoms with Crippen molar-refractivity contribution in [3.8, 4) is 11.3 Å². The number of fused-ring (bicyclic) bond motifs is 3. The van der Waals surface area contributed by atoms with E-state index in [-0.39, 0.29) is 17.4 Å². The monoisotopic (exact) mass is 476 g/mol. The Labute approximate surface area is 197 Å². The first-order valence-corrected chi connectivity index (χ1v) is 11.4. The third-order valence-corrected chi connectivity index (χ3v) is 6.21. The van der Waals surface area contributed by atoms with Crippen LogP contribution in [0.1, 0.15) is 17.3 Å². The zero-order valence-electron chi connectivity index (χ0n) is 17.4. The third kappa shape index (κ3) is 4.33. The minimum Gasteiger partial charge on any atom is -0.325 e. The van der Waals surface area contributed by atoms with Crippen molar-refractivity contribution in [1.82, 2.24) is 24.2 Å². The number of anilines is 1. The highest BCUT2D eigenvalue weighted by molar-refractivity contribution is 7.99.